The number of aromatic nitrogens is 4. The number of ether oxygens (including phenoxy) is 3. The molecule has 2 fully saturated rings. The molecule has 3 heterocycles. The second-order valence-corrected chi connectivity index (χ2v) is 8.90. The van der Waals surface area contributed by atoms with Crippen LogP contribution in [0.4, 0.5) is 5.95 Å². The van der Waals surface area contributed by atoms with E-state index in [1.807, 2.05) is 38.1 Å². The van der Waals surface area contributed by atoms with E-state index in [1.165, 1.54) is 0 Å². The third-order valence-corrected chi connectivity index (χ3v) is 5.95. The summed E-state index contributed by atoms with van der Waals surface area (Å²) in [5, 5.41) is 18.6. The van der Waals surface area contributed by atoms with Crippen molar-refractivity contribution in [1.29, 1.82) is 0 Å². The second kappa shape index (κ2) is 8.65. The molecule has 170 valence electrons. The highest BCUT2D eigenvalue weighted by atomic mass is 16.7. The van der Waals surface area contributed by atoms with Crippen LogP contribution < -0.4 is 10.1 Å². The molecule has 0 unspecified atom stereocenters. The molecule has 0 spiro atoms. The van der Waals surface area contributed by atoms with Gasteiger partial charge in [-0.3, -0.25) is 0 Å². The highest BCUT2D eigenvalue weighted by Gasteiger charge is 2.33. The highest BCUT2D eigenvalue weighted by Crippen LogP contribution is 2.29. The number of nitrogens with one attached hydrogen (secondary N) is 1. The Bertz CT molecular complexity index is 1080. The molecule has 1 atom stereocenters. The van der Waals surface area contributed by atoms with E-state index in [2.05, 4.69) is 20.4 Å². The molecule has 0 radical (unpaired) electrons. The molecule has 5 rings (SSSR count). The van der Waals surface area contributed by atoms with Crippen molar-refractivity contribution in [2.45, 2.75) is 63.6 Å². The Hall–Kier alpha value is -2.75. The van der Waals surface area contributed by atoms with Crippen LogP contribution in [-0.2, 0) is 9.47 Å². The van der Waals surface area contributed by atoms with Gasteiger partial charge in [0.2, 0.25) is 5.95 Å². The van der Waals surface area contributed by atoms with Crippen LogP contribution in [0.1, 0.15) is 39.5 Å². The molecule has 3 aromatic rings. The molecule has 0 bridgehead atoms. The molecule has 0 amide bonds. The summed E-state index contributed by atoms with van der Waals surface area (Å²) in [5.74, 6) is 1.43. The zero-order valence-electron chi connectivity index (χ0n) is 18.4. The molecule has 1 saturated carbocycles. The molecule has 2 N–H and O–H groups in total. The summed E-state index contributed by atoms with van der Waals surface area (Å²) in [7, 11) is 0. The summed E-state index contributed by atoms with van der Waals surface area (Å²) in [5.41, 5.74) is 0.900. The Morgan fingerprint density at radius 2 is 2.06 bits per heavy atom. The third-order valence-electron chi connectivity index (χ3n) is 5.95. The molecule has 2 aliphatic rings. The first kappa shape index (κ1) is 21.1. The van der Waals surface area contributed by atoms with Crippen molar-refractivity contribution in [3.05, 3.63) is 36.7 Å². The summed E-state index contributed by atoms with van der Waals surface area (Å²) in [6.45, 7) is 4.73. The standard InChI is InChI=1S/C23H29N5O4/c1-23(2)31-14-17(32-23)13-30-20-5-3-4-19-18(20)12-25-28(19)21-10-11-24-22(27-21)26-15-6-8-16(29)9-7-15/h3-5,10-12,15-17,29H,6-9,13-14H2,1-2H3,(H,24,26,27)/t15?,16?,17-/m1/s1. The fourth-order valence-electron chi connectivity index (χ4n) is 4.30. The van der Waals surface area contributed by atoms with E-state index >= 15 is 0 Å². The molecular weight excluding hydrogens is 410 g/mol. The normalized spacial score (nSPS) is 25.2. The van der Waals surface area contributed by atoms with Crippen molar-refractivity contribution < 1.29 is 19.3 Å². The van der Waals surface area contributed by atoms with Crippen LogP contribution in [0.3, 0.4) is 0 Å². The van der Waals surface area contributed by atoms with Crippen LogP contribution in [0.25, 0.3) is 16.7 Å². The van der Waals surface area contributed by atoms with Crippen LogP contribution in [-0.4, -0.2) is 62.1 Å². The van der Waals surface area contributed by atoms with Gasteiger partial charge in [0.25, 0.3) is 0 Å². The van der Waals surface area contributed by atoms with Crippen LogP contribution in [0.5, 0.6) is 5.75 Å². The number of benzene rings is 1. The van der Waals surface area contributed by atoms with Crippen LogP contribution in [0, 0.1) is 0 Å². The van der Waals surface area contributed by atoms with Gasteiger partial charge in [0.05, 0.1) is 29.8 Å². The SMILES string of the molecule is CC1(C)OC[C@@H](COc2cccc3c2cnn3-c2ccnc(NC3CCC(O)CC3)n2)O1. The highest BCUT2D eigenvalue weighted by molar-refractivity contribution is 5.86. The van der Waals surface area contributed by atoms with Gasteiger partial charge in [0, 0.05) is 18.3 Å². The van der Waals surface area contributed by atoms with Crippen molar-refractivity contribution in [3.63, 3.8) is 0 Å². The molecule has 1 aromatic carbocycles. The average Bonchev–Trinajstić information content (AvgIpc) is 3.37. The van der Waals surface area contributed by atoms with Crippen molar-refractivity contribution >= 4 is 16.9 Å². The topological polar surface area (TPSA) is 104 Å². The maximum absolute atomic E-state index is 9.71. The summed E-state index contributed by atoms with van der Waals surface area (Å²) in [6.07, 6.45) is 6.66. The maximum Gasteiger partial charge on any atom is 0.224 e. The number of nitrogens with zero attached hydrogens (tertiary/aromatic N) is 4. The number of aliphatic hydroxyl groups excluding tert-OH is 1. The zero-order valence-corrected chi connectivity index (χ0v) is 18.4. The van der Waals surface area contributed by atoms with Crippen molar-refractivity contribution in [2.75, 3.05) is 18.5 Å². The number of anilines is 1. The first-order chi connectivity index (χ1) is 15.5. The Morgan fingerprint density at radius 3 is 2.84 bits per heavy atom. The van der Waals surface area contributed by atoms with Crippen LogP contribution >= 0.6 is 0 Å². The van der Waals surface area contributed by atoms with Gasteiger partial charge in [-0.15, -0.1) is 0 Å². The van der Waals surface area contributed by atoms with E-state index in [0.29, 0.717) is 25.0 Å². The van der Waals surface area contributed by atoms with E-state index < -0.39 is 5.79 Å². The molecule has 1 saturated heterocycles. The van der Waals surface area contributed by atoms with Gasteiger partial charge in [-0.1, -0.05) is 6.07 Å². The molecule has 1 aliphatic heterocycles. The second-order valence-electron chi connectivity index (χ2n) is 8.90. The number of fused-ring (bicyclic) bond motifs is 1. The van der Waals surface area contributed by atoms with Gasteiger partial charge < -0.3 is 24.6 Å². The lowest BCUT2D eigenvalue weighted by molar-refractivity contribution is -0.141. The quantitative estimate of drug-likeness (QED) is 0.604. The number of hydrogen-bond acceptors (Lipinski definition) is 8. The predicted molar refractivity (Wildman–Crippen MR) is 119 cm³/mol. The fourth-order valence-corrected chi connectivity index (χ4v) is 4.30. The third kappa shape index (κ3) is 4.55. The largest absolute Gasteiger partial charge is 0.490 e. The Kier molecular flexibility index (Phi) is 5.71. The smallest absolute Gasteiger partial charge is 0.224 e. The summed E-state index contributed by atoms with van der Waals surface area (Å²) in [6, 6.07) is 7.97. The van der Waals surface area contributed by atoms with E-state index in [1.54, 1.807) is 17.1 Å². The first-order valence-electron chi connectivity index (χ1n) is 11.2. The zero-order chi connectivity index (χ0) is 22.1. The van der Waals surface area contributed by atoms with Gasteiger partial charge in [0.15, 0.2) is 11.6 Å². The number of hydrogen-bond donors (Lipinski definition) is 2. The van der Waals surface area contributed by atoms with Crippen molar-refractivity contribution in [3.8, 4) is 11.6 Å². The monoisotopic (exact) mass is 439 g/mol. The predicted octanol–water partition coefficient (Wildman–Crippen LogP) is 3.06. The molecular formula is C23H29N5O4. The summed E-state index contributed by atoms with van der Waals surface area (Å²) in [4.78, 5) is 9.04. The summed E-state index contributed by atoms with van der Waals surface area (Å²) < 4.78 is 19.3. The minimum Gasteiger partial charge on any atom is -0.490 e. The van der Waals surface area contributed by atoms with Crippen LogP contribution in [0.2, 0.25) is 0 Å². The van der Waals surface area contributed by atoms with Gasteiger partial charge in [0.1, 0.15) is 18.5 Å². The van der Waals surface area contributed by atoms with Gasteiger partial charge >= 0.3 is 0 Å². The van der Waals surface area contributed by atoms with Gasteiger partial charge in [-0.25, -0.2) is 9.67 Å². The van der Waals surface area contributed by atoms with Gasteiger partial charge in [-0.05, 0) is 51.7 Å². The molecule has 2 aromatic heterocycles. The minimum atomic E-state index is -0.568. The Morgan fingerprint density at radius 1 is 1.22 bits per heavy atom. The van der Waals surface area contributed by atoms with Gasteiger partial charge in [-0.2, -0.15) is 10.1 Å². The Balaban J connectivity index is 1.32. The number of aliphatic hydroxyl groups is 1. The lowest BCUT2D eigenvalue weighted by Crippen LogP contribution is -2.29. The van der Waals surface area contributed by atoms with Crippen molar-refractivity contribution in [2.24, 2.45) is 0 Å². The summed E-state index contributed by atoms with van der Waals surface area (Å²) >= 11 is 0. The minimum absolute atomic E-state index is 0.105. The van der Waals surface area contributed by atoms with Crippen LogP contribution in [0.15, 0.2) is 36.7 Å². The fraction of sp³-hybridized carbons (Fsp3) is 0.522. The van der Waals surface area contributed by atoms with E-state index in [0.717, 1.165) is 42.3 Å². The molecule has 9 nitrogen and oxygen atoms in total. The number of rotatable bonds is 6. The van der Waals surface area contributed by atoms with E-state index in [9.17, 15) is 5.11 Å². The van der Waals surface area contributed by atoms with E-state index in [4.69, 9.17) is 14.2 Å². The molecule has 9 heteroatoms. The van der Waals surface area contributed by atoms with Crippen molar-refractivity contribution in [1.82, 2.24) is 19.7 Å². The molecule has 32 heavy (non-hydrogen) atoms. The lowest BCUT2D eigenvalue weighted by atomic mass is 9.93. The Labute approximate surface area is 186 Å². The molecule has 1 aliphatic carbocycles. The lowest BCUT2D eigenvalue weighted by Gasteiger charge is -2.26. The average molecular weight is 440 g/mol. The van der Waals surface area contributed by atoms with E-state index in [-0.39, 0.29) is 18.2 Å². The first-order valence-corrected chi connectivity index (χ1v) is 11.2. The maximum atomic E-state index is 9.71.